The molecule has 2 aromatic heterocycles. The van der Waals surface area contributed by atoms with Gasteiger partial charge in [-0.15, -0.1) is 11.6 Å². The molecule has 0 saturated carbocycles. The van der Waals surface area contributed by atoms with Gasteiger partial charge in [0.15, 0.2) is 0 Å². The molecule has 0 atom stereocenters. The molecule has 2 heterocycles. The zero-order chi connectivity index (χ0) is 12.1. The van der Waals surface area contributed by atoms with E-state index in [1.54, 1.807) is 18.7 Å². The number of rotatable bonds is 5. The van der Waals surface area contributed by atoms with Crippen LogP contribution in [0.3, 0.4) is 0 Å². The Morgan fingerprint density at radius 2 is 2.24 bits per heavy atom. The smallest absolute Gasteiger partial charge is 0.147 e. The Bertz CT molecular complexity index is 441. The Labute approximate surface area is 105 Å². The van der Waals surface area contributed by atoms with Crippen molar-refractivity contribution in [2.24, 2.45) is 0 Å². The van der Waals surface area contributed by atoms with E-state index in [0.717, 1.165) is 23.8 Å². The number of alkyl halides is 1. The second-order valence-corrected chi connectivity index (χ2v) is 3.86. The van der Waals surface area contributed by atoms with Crippen LogP contribution in [-0.2, 0) is 12.4 Å². The highest BCUT2D eigenvalue weighted by atomic mass is 35.5. The van der Waals surface area contributed by atoms with Gasteiger partial charge in [-0.05, 0) is 19.1 Å². The SMILES string of the molecule is CCN(Cc1ccco1)c1cnc(CCl)cn1. The maximum absolute atomic E-state index is 5.68. The Balaban J connectivity index is 2.11. The molecule has 0 aliphatic rings. The van der Waals surface area contributed by atoms with Gasteiger partial charge in [0.1, 0.15) is 11.6 Å². The van der Waals surface area contributed by atoms with Crippen molar-refractivity contribution in [2.45, 2.75) is 19.3 Å². The highest BCUT2D eigenvalue weighted by molar-refractivity contribution is 6.16. The minimum atomic E-state index is 0.386. The summed E-state index contributed by atoms with van der Waals surface area (Å²) < 4.78 is 5.32. The van der Waals surface area contributed by atoms with Gasteiger partial charge in [-0.3, -0.25) is 4.98 Å². The van der Waals surface area contributed by atoms with Gasteiger partial charge < -0.3 is 9.32 Å². The van der Waals surface area contributed by atoms with Gasteiger partial charge in [0.05, 0.1) is 36.8 Å². The topological polar surface area (TPSA) is 42.2 Å². The van der Waals surface area contributed by atoms with Crippen LogP contribution in [0.1, 0.15) is 18.4 Å². The minimum absolute atomic E-state index is 0.386. The molecule has 0 radical (unpaired) electrons. The normalized spacial score (nSPS) is 10.5. The molecular weight excluding hydrogens is 238 g/mol. The van der Waals surface area contributed by atoms with E-state index in [-0.39, 0.29) is 0 Å². The Hall–Kier alpha value is -1.55. The zero-order valence-corrected chi connectivity index (χ0v) is 10.4. The summed E-state index contributed by atoms with van der Waals surface area (Å²) in [5.74, 6) is 2.13. The van der Waals surface area contributed by atoms with E-state index in [1.165, 1.54) is 0 Å². The average molecular weight is 252 g/mol. The van der Waals surface area contributed by atoms with Crippen LogP contribution in [0.25, 0.3) is 0 Å². The van der Waals surface area contributed by atoms with Crippen molar-refractivity contribution in [3.63, 3.8) is 0 Å². The molecule has 0 N–H and O–H groups in total. The predicted octanol–water partition coefficient (Wildman–Crippen LogP) is 2.83. The predicted molar refractivity (Wildman–Crippen MR) is 67.0 cm³/mol. The quantitative estimate of drug-likeness (QED) is 0.767. The van der Waals surface area contributed by atoms with Crippen molar-refractivity contribution in [1.82, 2.24) is 9.97 Å². The van der Waals surface area contributed by atoms with Gasteiger partial charge in [-0.25, -0.2) is 4.98 Å². The molecule has 0 saturated heterocycles. The van der Waals surface area contributed by atoms with Crippen LogP contribution >= 0.6 is 11.6 Å². The molecular formula is C12H14ClN3O. The van der Waals surface area contributed by atoms with E-state index in [4.69, 9.17) is 16.0 Å². The molecule has 2 aromatic rings. The van der Waals surface area contributed by atoms with Gasteiger partial charge >= 0.3 is 0 Å². The second kappa shape index (κ2) is 5.68. The fourth-order valence-electron chi connectivity index (χ4n) is 1.53. The molecule has 17 heavy (non-hydrogen) atoms. The van der Waals surface area contributed by atoms with Crippen molar-refractivity contribution >= 4 is 17.4 Å². The van der Waals surface area contributed by atoms with Gasteiger partial charge in [-0.2, -0.15) is 0 Å². The van der Waals surface area contributed by atoms with E-state index in [0.29, 0.717) is 12.4 Å². The first-order valence-electron chi connectivity index (χ1n) is 5.47. The number of anilines is 1. The summed E-state index contributed by atoms with van der Waals surface area (Å²) in [6, 6.07) is 3.83. The summed E-state index contributed by atoms with van der Waals surface area (Å²) in [5.41, 5.74) is 0.782. The van der Waals surface area contributed by atoms with E-state index in [2.05, 4.69) is 21.8 Å². The summed E-state index contributed by atoms with van der Waals surface area (Å²) in [6.45, 7) is 3.61. The first kappa shape index (κ1) is 11.9. The lowest BCUT2D eigenvalue weighted by Crippen LogP contribution is -2.23. The number of halogens is 1. The van der Waals surface area contributed by atoms with E-state index in [9.17, 15) is 0 Å². The third kappa shape index (κ3) is 2.97. The maximum Gasteiger partial charge on any atom is 0.147 e. The molecule has 0 aromatic carbocycles. The van der Waals surface area contributed by atoms with E-state index in [1.807, 2.05) is 12.1 Å². The summed E-state index contributed by atoms with van der Waals surface area (Å²) in [6.07, 6.45) is 5.11. The van der Waals surface area contributed by atoms with E-state index < -0.39 is 0 Å². The van der Waals surface area contributed by atoms with Crippen molar-refractivity contribution in [2.75, 3.05) is 11.4 Å². The minimum Gasteiger partial charge on any atom is -0.467 e. The molecule has 90 valence electrons. The van der Waals surface area contributed by atoms with Crippen LogP contribution in [-0.4, -0.2) is 16.5 Å². The lowest BCUT2D eigenvalue weighted by Gasteiger charge is -2.20. The number of aromatic nitrogens is 2. The summed E-state index contributed by atoms with van der Waals surface area (Å²) >= 11 is 5.68. The van der Waals surface area contributed by atoms with Crippen LogP contribution in [0.5, 0.6) is 0 Å². The van der Waals surface area contributed by atoms with Crippen LogP contribution in [0.4, 0.5) is 5.82 Å². The molecule has 0 unspecified atom stereocenters. The fraction of sp³-hybridized carbons (Fsp3) is 0.333. The van der Waals surface area contributed by atoms with Crippen molar-refractivity contribution in [3.05, 3.63) is 42.2 Å². The first-order valence-corrected chi connectivity index (χ1v) is 6.01. The average Bonchev–Trinajstić information content (AvgIpc) is 2.89. The summed E-state index contributed by atoms with van der Waals surface area (Å²) in [5, 5.41) is 0. The van der Waals surface area contributed by atoms with Crippen LogP contribution in [0.2, 0.25) is 0 Å². The van der Waals surface area contributed by atoms with Gasteiger partial charge in [0.25, 0.3) is 0 Å². The number of hydrogen-bond acceptors (Lipinski definition) is 4. The van der Waals surface area contributed by atoms with Gasteiger partial charge in [0, 0.05) is 6.54 Å². The maximum atomic E-state index is 5.68. The Kier molecular flexibility index (Phi) is 3.98. The highest BCUT2D eigenvalue weighted by Crippen LogP contribution is 2.14. The van der Waals surface area contributed by atoms with E-state index >= 15 is 0 Å². The second-order valence-electron chi connectivity index (χ2n) is 3.59. The Morgan fingerprint density at radius 3 is 2.76 bits per heavy atom. The standard InChI is InChI=1S/C12H14ClN3O/c1-2-16(9-11-4-3-5-17-11)12-8-14-10(6-13)7-15-12/h3-5,7-8H,2,6,9H2,1H3. The number of furan rings is 1. The monoisotopic (exact) mass is 251 g/mol. The Morgan fingerprint density at radius 1 is 1.35 bits per heavy atom. The van der Waals surface area contributed by atoms with Crippen molar-refractivity contribution in [3.8, 4) is 0 Å². The molecule has 0 aliphatic carbocycles. The molecule has 0 aliphatic heterocycles. The largest absolute Gasteiger partial charge is 0.467 e. The lowest BCUT2D eigenvalue weighted by atomic mass is 10.4. The van der Waals surface area contributed by atoms with Crippen molar-refractivity contribution < 1.29 is 4.42 Å². The lowest BCUT2D eigenvalue weighted by molar-refractivity contribution is 0.502. The van der Waals surface area contributed by atoms with Gasteiger partial charge in [0.2, 0.25) is 0 Å². The molecule has 0 fully saturated rings. The zero-order valence-electron chi connectivity index (χ0n) is 9.64. The molecule has 0 amide bonds. The van der Waals surface area contributed by atoms with Crippen LogP contribution in [0.15, 0.2) is 35.2 Å². The van der Waals surface area contributed by atoms with Gasteiger partial charge in [-0.1, -0.05) is 0 Å². The number of nitrogens with zero attached hydrogens (tertiary/aromatic N) is 3. The molecule has 0 spiro atoms. The van der Waals surface area contributed by atoms with Crippen molar-refractivity contribution in [1.29, 1.82) is 0 Å². The molecule has 0 bridgehead atoms. The summed E-state index contributed by atoms with van der Waals surface area (Å²) in [4.78, 5) is 10.7. The highest BCUT2D eigenvalue weighted by Gasteiger charge is 2.08. The number of hydrogen-bond donors (Lipinski definition) is 0. The molecule has 2 rings (SSSR count). The third-order valence-electron chi connectivity index (χ3n) is 2.46. The molecule has 5 heteroatoms. The third-order valence-corrected chi connectivity index (χ3v) is 2.73. The van der Waals surface area contributed by atoms with Crippen LogP contribution in [0, 0.1) is 0 Å². The summed E-state index contributed by atoms with van der Waals surface area (Å²) in [7, 11) is 0. The molecule has 4 nitrogen and oxygen atoms in total. The van der Waals surface area contributed by atoms with Crippen LogP contribution < -0.4 is 4.90 Å². The first-order chi connectivity index (χ1) is 8.33. The fourth-order valence-corrected chi connectivity index (χ4v) is 1.66.